The molecule has 0 bridgehead atoms. The Hall–Kier alpha value is -3.08. The molecule has 0 unspecified atom stereocenters. The molecule has 0 saturated heterocycles. The van der Waals surface area contributed by atoms with Crippen LogP contribution in [0.2, 0.25) is 0 Å². The van der Waals surface area contributed by atoms with Crippen LogP contribution >= 0.6 is 0 Å². The third-order valence-corrected chi connectivity index (χ3v) is 4.01. The molecule has 1 amide bonds. The molecule has 25 heavy (non-hydrogen) atoms. The molecule has 2 N–H and O–H groups in total. The van der Waals surface area contributed by atoms with Gasteiger partial charge in [-0.1, -0.05) is 36.4 Å². The fourth-order valence-corrected chi connectivity index (χ4v) is 2.79. The molecule has 0 fully saturated rings. The summed E-state index contributed by atoms with van der Waals surface area (Å²) in [6.07, 6.45) is 2.23. The Morgan fingerprint density at radius 1 is 1.08 bits per heavy atom. The minimum atomic E-state index is -0.744. The highest BCUT2D eigenvalue weighted by Crippen LogP contribution is 2.19. The van der Waals surface area contributed by atoms with Gasteiger partial charge >= 0.3 is 5.97 Å². The fourth-order valence-electron chi connectivity index (χ4n) is 2.79. The first-order valence-corrected chi connectivity index (χ1v) is 8.26. The number of hydrogen-bond donors (Lipinski definition) is 2. The lowest BCUT2D eigenvalue weighted by atomic mass is 10.0. The smallest absolute Gasteiger partial charge is 0.328 e. The number of hydrogen-bond acceptors (Lipinski definition) is 3. The summed E-state index contributed by atoms with van der Waals surface area (Å²) in [7, 11) is 0. The number of aromatic amines is 1. The minimum Gasteiger partial charge on any atom is -0.464 e. The van der Waals surface area contributed by atoms with Crippen LogP contribution in [0.1, 0.15) is 22.8 Å². The zero-order valence-corrected chi connectivity index (χ0v) is 14.0. The minimum absolute atomic E-state index is 0.268. The molecule has 0 radical (unpaired) electrons. The molecule has 0 aliphatic heterocycles. The van der Waals surface area contributed by atoms with Gasteiger partial charge in [0.05, 0.1) is 6.61 Å². The number of rotatable bonds is 6. The number of para-hydroxylation sites is 1. The Morgan fingerprint density at radius 3 is 2.56 bits per heavy atom. The summed E-state index contributed by atoms with van der Waals surface area (Å²) in [6.45, 7) is 2.02. The van der Waals surface area contributed by atoms with Crippen LogP contribution in [-0.2, 0) is 16.0 Å². The number of fused-ring (bicyclic) bond motifs is 1. The molecule has 5 heteroatoms. The second-order valence-electron chi connectivity index (χ2n) is 5.71. The molecule has 0 spiro atoms. The van der Waals surface area contributed by atoms with E-state index in [9.17, 15) is 9.59 Å². The van der Waals surface area contributed by atoms with Crippen LogP contribution in [0.3, 0.4) is 0 Å². The molecule has 1 heterocycles. The van der Waals surface area contributed by atoms with E-state index in [1.165, 1.54) is 0 Å². The first-order valence-electron chi connectivity index (χ1n) is 8.26. The van der Waals surface area contributed by atoms with Gasteiger partial charge in [0.2, 0.25) is 0 Å². The number of esters is 1. The van der Waals surface area contributed by atoms with Gasteiger partial charge in [-0.25, -0.2) is 4.79 Å². The van der Waals surface area contributed by atoms with E-state index in [0.717, 1.165) is 16.5 Å². The summed E-state index contributed by atoms with van der Waals surface area (Å²) in [4.78, 5) is 27.9. The number of nitrogens with one attached hydrogen (secondary N) is 2. The number of aromatic nitrogens is 1. The fraction of sp³-hybridized carbons (Fsp3) is 0.200. The zero-order chi connectivity index (χ0) is 17.6. The molecular weight excluding hydrogens is 316 g/mol. The molecular formula is C20H20N2O3. The third-order valence-electron chi connectivity index (χ3n) is 4.01. The van der Waals surface area contributed by atoms with Crippen LogP contribution < -0.4 is 5.32 Å². The maximum absolute atomic E-state index is 12.4. The van der Waals surface area contributed by atoms with Crippen molar-refractivity contribution in [2.75, 3.05) is 6.61 Å². The maximum atomic E-state index is 12.4. The van der Waals surface area contributed by atoms with Gasteiger partial charge in [-0.05, 0) is 30.7 Å². The largest absolute Gasteiger partial charge is 0.464 e. The summed E-state index contributed by atoms with van der Waals surface area (Å²) in [5.41, 5.74) is 2.47. The van der Waals surface area contributed by atoms with E-state index in [-0.39, 0.29) is 12.5 Å². The normalized spacial score (nSPS) is 11.9. The van der Waals surface area contributed by atoms with Crippen LogP contribution in [0, 0.1) is 0 Å². The lowest BCUT2D eigenvalue weighted by Gasteiger charge is -2.17. The first-order chi connectivity index (χ1) is 12.2. The first kappa shape index (κ1) is 16.8. The van der Waals surface area contributed by atoms with Gasteiger partial charge in [0.1, 0.15) is 6.04 Å². The Kier molecular flexibility index (Phi) is 5.14. The molecule has 2 aromatic carbocycles. The SMILES string of the molecule is CCOC(=O)[C@H](Cc1c[nH]c2ccccc12)NC(=O)c1ccccc1. The van der Waals surface area contributed by atoms with Crippen molar-refractivity contribution >= 4 is 22.8 Å². The average Bonchev–Trinajstić information content (AvgIpc) is 3.05. The van der Waals surface area contributed by atoms with Crippen molar-refractivity contribution in [1.82, 2.24) is 10.3 Å². The second-order valence-corrected chi connectivity index (χ2v) is 5.71. The Balaban J connectivity index is 1.82. The molecule has 0 aliphatic rings. The molecule has 3 rings (SSSR count). The topological polar surface area (TPSA) is 71.2 Å². The van der Waals surface area contributed by atoms with Crippen molar-refractivity contribution in [3.05, 3.63) is 71.9 Å². The van der Waals surface area contributed by atoms with Crippen LogP contribution in [0.25, 0.3) is 10.9 Å². The van der Waals surface area contributed by atoms with Crippen molar-refractivity contribution in [2.24, 2.45) is 0 Å². The van der Waals surface area contributed by atoms with Crippen molar-refractivity contribution in [3.8, 4) is 0 Å². The van der Waals surface area contributed by atoms with Crippen molar-refractivity contribution in [1.29, 1.82) is 0 Å². The van der Waals surface area contributed by atoms with Crippen molar-refractivity contribution < 1.29 is 14.3 Å². The number of carbonyl (C=O) groups excluding carboxylic acids is 2. The van der Waals surface area contributed by atoms with Gasteiger partial charge < -0.3 is 15.0 Å². The van der Waals surface area contributed by atoms with Gasteiger partial charge in [-0.15, -0.1) is 0 Å². The van der Waals surface area contributed by atoms with E-state index < -0.39 is 12.0 Å². The number of H-pyrrole nitrogens is 1. The molecule has 128 valence electrons. The number of amides is 1. The summed E-state index contributed by atoms with van der Waals surface area (Å²) >= 11 is 0. The number of carbonyl (C=O) groups is 2. The third kappa shape index (κ3) is 3.88. The predicted octanol–water partition coefficient (Wildman–Crippen LogP) is 3.07. The Morgan fingerprint density at radius 2 is 1.80 bits per heavy atom. The van der Waals surface area contributed by atoms with Crippen LogP contribution in [0.5, 0.6) is 0 Å². The summed E-state index contributed by atoms with van der Waals surface area (Å²) in [6, 6.07) is 15.9. The van der Waals surface area contributed by atoms with E-state index >= 15 is 0 Å². The van der Waals surface area contributed by atoms with Crippen LogP contribution in [-0.4, -0.2) is 29.5 Å². The van der Waals surface area contributed by atoms with Gasteiger partial charge in [-0.3, -0.25) is 4.79 Å². The number of benzene rings is 2. The highest BCUT2D eigenvalue weighted by atomic mass is 16.5. The monoisotopic (exact) mass is 336 g/mol. The zero-order valence-electron chi connectivity index (χ0n) is 14.0. The highest BCUT2D eigenvalue weighted by molar-refractivity contribution is 5.97. The van der Waals surface area contributed by atoms with E-state index in [1.807, 2.05) is 36.5 Å². The van der Waals surface area contributed by atoms with Gasteiger partial charge in [-0.2, -0.15) is 0 Å². The van der Waals surface area contributed by atoms with E-state index in [1.54, 1.807) is 31.2 Å². The van der Waals surface area contributed by atoms with Crippen molar-refractivity contribution in [3.63, 3.8) is 0 Å². The van der Waals surface area contributed by atoms with Gasteiger partial charge in [0.25, 0.3) is 5.91 Å². The average molecular weight is 336 g/mol. The van der Waals surface area contributed by atoms with E-state index in [0.29, 0.717) is 12.0 Å². The maximum Gasteiger partial charge on any atom is 0.328 e. The van der Waals surface area contributed by atoms with E-state index in [4.69, 9.17) is 4.74 Å². The van der Waals surface area contributed by atoms with Crippen molar-refractivity contribution in [2.45, 2.75) is 19.4 Å². The number of ether oxygens (including phenoxy) is 1. The second kappa shape index (κ2) is 7.66. The summed E-state index contributed by atoms with van der Waals surface area (Å²) in [5, 5.41) is 3.83. The lowest BCUT2D eigenvalue weighted by molar-refractivity contribution is -0.145. The summed E-state index contributed by atoms with van der Waals surface area (Å²) < 4.78 is 5.14. The Bertz CT molecular complexity index is 871. The van der Waals surface area contributed by atoms with Gasteiger partial charge in [0, 0.05) is 29.1 Å². The quantitative estimate of drug-likeness (QED) is 0.680. The van der Waals surface area contributed by atoms with Crippen LogP contribution in [0.15, 0.2) is 60.8 Å². The molecule has 3 aromatic rings. The highest BCUT2D eigenvalue weighted by Gasteiger charge is 2.24. The molecule has 0 saturated carbocycles. The Labute approximate surface area is 146 Å². The summed E-state index contributed by atoms with van der Waals surface area (Å²) in [5.74, 6) is -0.726. The molecule has 0 aliphatic carbocycles. The van der Waals surface area contributed by atoms with Gasteiger partial charge in [0.15, 0.2) is 0 Å². The van der Waals surface area contributed by atoms with E-state index in [2.05, 4.69) is 10.3 Å². The molecule has 1 atom stereocenters. The predicted molar refractivity (Wildman–Crippen MR) is 96.3 cm³/mol. The lowest BCUT2D eigenvalue weighted by Crippen LogP contribution is -2.43. The molecule has 1 aromatic heterocycles. The standard InChI is InChI=1S/C20H20N2O3/c1-2-25-20(24)18(22-19(23)14-8-4-3-5-9-14)12-15-13-21-17-11-7-6-10-16(15)17/h3-11,13,18,21H,2,12H2,1H3,(H,22,23)/t18-/m0/s1. The molecule has 5 nitrogen and oxygen atoms in total. The van der Waals surface area contributed by atoms with Crippen LogP contribution in [0.4, 0.5) is 0 Å².